The molecule has 0 fully saturated rings. The van der Waals surface area contributed by atoms with E-state index in [-0.39, 0.29) is 0 Å². The second kappa shape index (κ2) is 5.96. The van der Waals surface area contributed by atoms with Crippen molar-refractivity contribution in [1.29, 1.82) is 0 Å². The normalized spacial score (nSPS) is 13.4. The lowest BCUT2D eigenvalue weighted by Crippen LogP contribution is -2.17. The zero-order valence-corrected chi connectivity index (χ0v) is 10.6. The Kier molecular flexibility index (Phi) is 4.89. The van der Waals surface area contributed by atoms with Crippen LogP contribution in [-0.2, 0) is 17.8 Å². The highest BCUT2D eigenvalue weighted by Gasteiger charge is 2.19. The van der Waals surface area contributed by atoms with Gasteiger partial charge in [0.25, 0.3) is 0 Å². The smallest absolute Gasteiger partial charge is 0.146 e. The Morgan fingerprint density at radius 1 is 1.31 bits per heavy atom. The van der Waals surface area contributed by atoms with Gasteiger partial charge in [-0.05, 0) is 5.92 Å². The molecule has 16 heavy (non-hydrogen) atoms. The van der Waals surface area contributed by atoms with Crippen molar-refractivity contribution in [1.82, 2.24) is 14.8 Å². The van der Waals surface area contributed by atoms with Crippen LogP contribution in [0.2, 0.25) is 0 Å². The van der Waals surface area contributed by atoms with Crippen LogP contribution < -0.4 is 5.73 Å². The molecule has 0 aromatic carbocycles. The molecule has 0 radical (unpaired) electrons. The van der Waals surface area contributed by atoms with E-state index in [0.29, 0.717) is 25.0 Å². The van der Waals surface area contributed by atoms with Gasteiger partial charge in [-0.1, -0.05) is 20.8 Å². The van der Waals surface area contributed by atoms with Gasteiger partial charge in [0.2, 0.25) is 0 Å². The monoisotopic (exact) mass is 226 g/mol. The van der Waals surface area contributed by atoms with Crippen molar-refractivity contribution in [2.24, 2.45) is 11.7 Å². The topological polar surface area (TPSA) is 66.0 Å². The fourth-order valence-electron chi connectivity index (χ4n) is 1.56. The molecule has 1 heterocycles. The van der Waals surface area contributed by atoms with Gasteiger partial charge in [-0.3, -0.25) is 0 Å². The fourth-order valence-corrected chi connectivity index (χ4v) is 1.56. The quantitative estimate of drug-likeness (QED) is 0.790. The minimum atomic E-state index is 0.379. The van der Waals surface area contributed by atoms with E-state index in [2.05, 4.69) is 35.5 Å². The second-order valence-electron chi connectivity index (χ2n) is 4.36. The van der Waals surface area contributed by atoms with Crippen LogP contribution in [0.4, 0.5) is 0 Å². The van der Waals surface area contributed by atoms with Crippen LogP contribution in [-0.4, -0.2) is 28.5 Å². The minimum absolute atomic E-state index is 0.379. The van der Waals surface area contributed by atoms with Crippen molar-refractivity contribution >= 4 is 0 Å². The largest absolute Gasteiger partial charge is 0.383 e. The third-order valence-electron chi connectivity index (χ3n) is 2.96. The van der Waals surface area contributed by atoms with Crippen LogP contribution in [0.1, 0.15) is 38.3 Å². The predicted octanol–water partition coefficient (Wildman–Crippen LogP) is 1.14. The maximum absolute atomic E-state index is 5.65. The molecule has 1 atom stereocenters. The summed E-state index contributed by atoms with van der Waals surface area (Å²) in [4.78, 5) is 0. The van der Waals surface area contributed by atoms with Gasteiger partial charge in [0.05, 0.1) is 13.2 Å². The van der Waals surface area contributed by atoms with Crippen molar-refractivity contribution in [2.75, 3.05) is 13.7 Å². The highest BCUT2D eigenvalue weighted by molar-refractivity contribution is 5.02. The van der Waals surface area contributed by atoms with E-state index in [0.717, 1.165) is 18.2 Å². The van der Waals surface area contributed by atoms with E-state index >= 15 is 0 Å². The Labute approximate surface area is 97.0 Å². The summed E-state index contributed by atoms with van der Waals surface area (Å²) in [5.74, 6) is 2.76. The van der Waals surface area contributed by atoms with Gasteiger partial charge in [-0.25, -0.2) is 0 Å². The van der Waals surface area contributed by atoms with E-state index < -0.39 is 0 Å². The molecular weight excluding hydrogens is 204 g/mol. The van der Waals surface area contributed by atoms with Crippen LogP contribution in [0.25, 0.3) is 0 Å². The fraction of sp³-hybridized carbons (Fsp3) is 0.818. The zero-order valence-electron chi connectivity index (χ0n) is 10.6. The zero-order chi connectivity index (χ0) is 12.1. The van der Waals surface area contributed by atoms with Crippen LogP contribution in [0.15, 0.2) is 0 Å². The Hall–Kier alpha value is -0.940. The summed E-state index contributed by atoms with van der Waals surface area (Å²) in [5.41, 5.74) is 5.65. The molecule has 1 rings (SSSR count). The van der Waals surface area contributed by atoms with Crippen LogP contribution >= 0.6 is 0 Å². The number of aromatic nitrogens is 3. The van der Waals surface area contributed by atoms with Crippen LogP contribution in [0.5, 0.6) is 0 Å². The van der Waals surface area contributed by atoms with Crippen molar-refractivity contribution in [3.63, 3.8) is 0 Å². The molecule has 1 aromatic heterocycles. The molecule has 0 spiro atoms. The van der Waals surface area contributed by atoms with E-state index in [1.165, 1.54) is 0 Å². The van der Waals surface area contributed by atoms with E-state index in [1.54, 1.807) is 7.11 Å². The van der Waals surface area contributed by atoms with E-state index in [1.807, 2.05) is 0 Å². The summed E-state index contributed by atoms with van der Waals surface area (Å²) in [5, 5.41) is 8.36. The first kappa shape index (κ1) is 13.1. The standard InChI is InChI=1S/C11H22N4O/c1-8(2)9(3)11-14-13-10(7-12)15(11)5-6-16-4/h8-9H,5-7,12H2,1-4H3. The number of rotatable bonds is 6. The average molecular weight is 226 g/mol. The van der Waals surface area contributed by atoms with Gasteiger partial charge in [0.15, 0.2) is 0 Å². The number of methoxy groups -OCH3 is 1. The number of nitrogens with zero attached hydrogens (tertiary/aromatic N) is 3. The molecule has 92 valence electrons. The molecule has 1 unspecified atom stereocenters. The molecule has 1 aromatic rings. The van der Waals surface area contributed by atoms with Crippen LogP contribution in [0.3, 0.4) is 0 Å². The predicted molar refractivity (Wildman–Crippen MR) is 63.0 cm³/mol. The molecule has 0 saturated carbocycles. The van der Waals surface area contributed by atoms with Crippen molar-refractivity contribution in [3.8, 4) is 0 Å². The number of hydrogen-bond acceptors (Lipinski definition) is 4. The Bertz CT molecular complexity index is 322. The summed E-state index contributed by atoms with van der Waals surface area (Å²) in [6, 6.07) is 0. The highest BCUT2D eigenvalue weighted by atomic mass is 16.5. The lowest BCUT2D eigenvalue weighted by Gasteiger charge is -2.17. The third-order valence-corrected chi connectivity index (χ3v) is 2.96. The molecular formula is C11H22N4O. The lowest BCUT2D eigenvalue weighted by atomic mass is 9.97. The number of ether oxygens (including phenoxy) is 1. The number of nitrogens with two attached hydrogens (primary N) is 1. The van der Waals surface area contributed by atoms with Crippen molar-refractivity contribution in [3.05, 3.63) is 11.6 Å². The summed E-state index contributed by atoms with van der Waals surface area (Å²) in [7, 11) is 1.69. The SMILES string of the molecule is COCCn1c(CN)nnc1C(C)C(C)C. The Morgan fingerprint density at radius 2 is 2.00 bits per heavy atom. The van der Waals surface area contributed by atoms with Crippen molar-refractivity contribution < 1.29 is 4.74 Å². The van der Waals surface area contributed by atoms with Crippen LogP contribution in [0, 0.1) is 5.92 Å². The van der Waals surface area contributed by atoms with Gasteiger partial charge in [0, 0.05) is 19.6 Å². The highest BCUT2D eigenvalue weighted by Crippen LogP contribution is 2.22. The van der Waals surface area contributed by atoms with Gasteiger partial charge in [-0.2, -0.15) is 0 Å². The average Bonchev–Trinajstić information content (AvgIpc) is 2.67. The first-order valence-corrected chi connectivity index (χ1v) is 5.72. The number of hydrogen-bond donors (Lipinski definition) is 1. The summed E-state index contributed by atoms with van der Waals surface area (Å²) in [6.45, 7) is 8.37. The Morgan fingerprint density at radius 3 is 2.50 bits per heavy atom. The molecule has 0 aliphatic rings. The summed E-state index contributed by atoms with van der Waals surface area (Å²) < 4.78 is 7.17. The van der Waals surface area contributed by atoms with Crippen molar-refractivity contribution in [2.45, 2.75) is 39.8 Å². The van der Waals surface area contributed by atoms with E-state index in [9.17, 15) is 0 Å². The summed E-state index contributed by atoms with van der Waals surface area (Å²) in [6.07, 6.45) is 0. The molecule has 0 aliphatic carbocycles. The second-order valence-corrected chi connectivity index (χ2v) is 4.36. The van der Waals surface area contributed by atoms with E-state index in [4.69, 9.17) is 10.5 Å². The van der Waals surface area contributed by atoms with Gasteiger partial charge >= 0.3 is 0 Å². The molecule has 0 bridgehead atoms. The first-order chi connectivity index (χ1) is 7.61. The van der Waals surface area contributed by atoms with Gasteiger partial charge in [-0.15, -0.1) is 10.2 Å². The molecule has 5 nitrogen and oxygen atoms in total. The maximum Gasteiger partial charge on any atom is 0.146 e. The lowest BCUT2D eigenvalue weighted by molar-refractivity contribution is 0.184. The maximum atomic E-state index is 5.65. The molecule has 0 saturated heterocycles. The van der Waals surface area contributed by atoms with Gasteiger partial charge < -0.3 is 15.0 Å². The molecule has 2 N–H and O–H groups in total. The molecule has 0 amide bonds. The minimum Gasteiger partial charge on any atom is -0.383 e. The molecule has 0 aliphatic heterocycles. The van der Waals surface area contributed by atoms with Gasteiger partial charge in [0.1, 0.15) is 11.6 Å². The molecule has 5 heteroatoms. The summed E-state index contributed by atoms with van der Waals surface area (Å²) >= 11 is 0. The third kappa shape index (κ3) is 2.80. The Balaban J connectivity index is 2.94. The first-order valence-electron chi connectivity index (χ1n) is 5.72.